The standard InChI is InChI=1S/C14H11F19/c1-2-3-4-5(9(21,22)23)7(17,18)10(24,25)12(28,29)14(32,33)13(30,31)11(26,27)8(19,20)6(15)16/h5-6H,2-4H2,1H3. The Hall–Kier alpha value is -1.33. The lowest BCUT2D eigenvalue weighted by atomic mass is 9.83. The highest BCUT2D eigenvalue weighted by Crippen LogP contribution is 2.64. The Morgan fingerprint density at radius 3 is 1.06 bits per heavy atom. The van der Waals surface area contributed by atoms with Crippen LogP contribution in [0.15, 0.2) is 0 Å². The molecule has 0 aliphatic heterocycles. The maximum Gasteiger partial charge on any atom is 0.397 e. The van der Waals surface area contributed by atoms with Crippen LogP contribution in [0.4, 0.5) is 83.4 Å². The first-order valence-electron chi connectivity index (χ1n) is 8.13. The van der Waals surface area contributed by atoms with Crippen molar-refractivity contribution in [2.75, 3.05) is 0 Å². The Morgan fingerprint density at radius 1 is 0.485 bits per heavy atom. The molecule has 0 aliphatic carbocycles. The maximum atomic E-state index is 13.8. The van der Waals surface area contributed by atoms with Crippen molar-refractivity contribution in [3.63, 3.8) is 0 Å². The molecule has 0 saturated heterocycles. The molecule has 0 aromatic rings. The van der Waals surface area contributed by atoms with E-state index < -0.39 is 79.2 Å². The highest BCUT2D eigenvalue weighted by molar-refractivity contribution is 5.15. The summed E-state index contributed by atoms with van der Waals surface area (Å²) in [6, 6.07) is 0. The lowest BCUT2D eigenvalue weighted by Crippen LogP contribution is -2.74. The van der Waals surface area contributed by atoms with Crippen LogP contribution in [0, 0.1) is 5.92 Å². The molecule has 0 saturated carbocycles. The third-order valence-corrected chi connectivity index (χ3v) is 4.37. The average Bonchev–Trinajstić information content (AvgIpc) is 2.59. The Labute approximate surface area is 171 Å². The third kappa shape index (κ3) is 4.52. The fourth-order valence-corrected chi connectivity index (χ4v) is 2.32. The van der Waals surface area contributed by atoms with Gasteiger partial charge in [0.2, 0.25) is 0 Å². The van der Waals surface area contributed by atoms with E-state index >= 15 is 0 Å². The van der Waals surface area contributed by atoms with Crippen molar-refractivity contribution in [1.82, 2.24) is 0 Å². The predicted octanol–water partition coefficient (Wildman–Crippen LogP) is 8.07. The zero-order valence-electron chi connectivity index (χ0n) is 15.5. The molecular weight excluding hydrogens is 529 g/mol. The first kappa shape index (κ1) is 31.7. The van der Waals surface area contributed by atoms with E-state index in [0.717, 1.165) is 6.92 Å². The second kappa shape index (κ2) is 8.71. The van der Waals surface area contributed by atoms with Crippen molar-refractivity contribution >= 4 is 0 Å². The van der Waals surface area contributed by atoms with Crippen LogP contribution in [-0.4, -0.2) is 54.1 Å². The zero-order valence-corrected chi connectivity index (χ0v) is 15.5. The van der Waals surface area contributed by atoms with E-state index in [1.807, 2.05) is 0 Å². The van der Waals surface area contributed by atoms with Gasteiger partial charge in [-0.1, -0.05) is 19.8 Å². The van der Waals surface area contributed by atoms with Crippen molar-refractivity contribution < 1.29 is 83.4 Å². The molecule has 19 heteroatoms. The fourth-order valence-electron chi connectivity index (χ4n) is 2.32. The van der Waals surface area contributed by atoms with Crippen LogP contribution in [0.1, 0.15) is 26.2 Å². The van der Waals surface area contributed by atoms with E-state index in [0.29, 0.717) is 0 Å². The molecule has 0 rings (SSSR count). The van der Waals surface area contributed by atoms with E-state index in [2.05, 4.69) is 0 Å². The van der Waals surface area contributed by atoms with E-state index in [4.69, 9.17) is 0 Å². The molecular formula is C14H11F19. The van der Waals surface area contributed by atoms with Gasteiger partial charge in [-0.25, -0.2) is 8.78 Å². The van der Waals surface area contributed by atoms with Crippen LogP contribution >= 0.6 is 0 Å². The minimum Gasteiger partial charge on any atom is -0.203 e. The molecule has 0 aromatic carbocycles. The maximum absolute atomic E-state index is 13.8. The molecule has 200 valence electrons. The molecule has 0 bridgehead atoms. The predicted molar refractivity (Wildman–Crippen MR) is 69.7 cm³/mol. The average molecular weight is 540 g/mol. The Balaban J connectivity index is 6.84. The molecule has 0 radical (unpaired) electrons. The summed E-state index contributed by atoms with van der Waals surface area (Å²) in [6.07, 6.45) is -16.3. The monoisotopic (exact) mass is 540 g/mol. The summed E-state index contributed by atoms with van der Waals surface area (Å²) in [4.78, 5) is 0. The number of hydrogen-bond acceptors (Lipinski definition) is 0. The fraction of sp³-hybridized carbons (Fsp3) is 1.00. The second-order valence-electron chi connectivity index (χ2n) is 6.66. The van der Waals surface area contributed by atoms with Crippen LogP contribution in [0.25, 0.3) is 0 Å². The molecule has 0 N–H and O–H groups in total. The molecule has 0 aromatic heterocycles. The van der Waals surface area contributed by atoms with Crippen molar-refractivity contribution in [3.05, 3.63) is 0 Å². The van der Waals surface area contributed by atoms with E-state index in [9.17, 15) is 83.4 Å². The molecule has 0 amide bonds. The number of halogens is 19. The summed E-state index contributed by atoms with van der Waals surface area (Å²) in [7, 11) is 0. The summed E-state index contributed by atoms with van der Waals surface area (Å²) in [6.45, 7) is 0.957. The van der Waals surface area contributed by atoms with Crippen molar-refractivity contribution in [3.8, 4) is 0 Å². The largest absolute Gasteiger partial charge is 0.397 e. The summed E-state index contributed by atoms with van der Waals surface area (Å²) < 4.78 is 249. The Bertz CT molecular complexity index is 658. The van der Waals surface area contributed by atoms with Crippen molar-refractivity contribution in [2.24, 2.45) is 5.92 Å². The molecule has 0 aliphatic rings. The quantitative estimate of drug-likeness (QED) is 0.233. The highest BCUT2D eigenvalue weighted by atomic mass is 19.4. The smallest absolute Gasteiger partial charge is 0.203 e. The Kier molecular flexibility index (Phi) is 8.36. The summed E-state index contributed by atoms with van der Waals surface area (Å²) in [5.74, 6) is -62.4. The van der Waals surface area contributed by atoms with Gasteiger partial charge in [0, 0.05) is 0 Å². The first-order chi connectivity index (χ1) is 14.1. The molecule has 0 spiro atoms. The molecule has 1 atom stereocenters. The first-order valence-corrected chi connectivity index (χ1v) is 8.13. The van der Waals surface area contributed by atoms with E-state index in [1.54, 1.807) is 0 Å². The second-order valence-corrected chi connectivity index (χ2v) is 6.66. The van der Waals surface area contributed by atoms with E-state index in [1.165, 1.54) is 0 Å². The van der Waals surface area contributed by atoms with Crippen molar-refractivity contribution in [2.45, 2.75) is 80.2 Å². The van der Waals surface area contributed by atoms with Gasteiger partial charge < -0.3 is 0 Å². The van der Waals surface area contributed by atoms with Crippen LogP contribution < -0.4 is 0 Å². The van der Waals surface area contributed by atoms with Gasteiger partial charge in [-0.3, -0.25) is 0 Å². The van der Waals surface area contributed by atoms with Crippen LogP contribution in [0.2, 0.25) is 0 Å². The lowest BCUT2D eigenvalue weighted by Gasteiger charge is -2.44. The minimum atomic E-state index is -8.71. The number of hydrogen-bond donors (Lipinski definition) is 0. The van der Waals surface area contributed by atoms with Gasteiger partial charge in [-0.2, -0.15) is 74.6 Å². The Morgan fingerprint density at radius 2 is 0.788 bits per heavy atom. The normalized spacial score (nSPS) is 17.0. The summed E-state index contributed by atoms with van der Waals surface area (Å²) in [5, 5.41) is 0. The van der Waals surface area contributed by atoms with Crippen LogP contribution in [0.3, 0.4) is 0 Å². The minimum absolute atomic E-state index is 0.506. The van der Waals surface area contributed by atoms with Gasteiger partial charge in [0.25, 0.3) is 0 Å². The lowest BCUT2D eigenvalue weighted by molar-refractivity contribution is -0.454. The van der Waals surface area contributed by atoms with Crippen LogP contribution in [-0.2, 0) is 0 Å². The van der Waals surface area contributed by atoms with Gasteiger partial charge in [-0.15, -0.1) is 0 Å². The molecule has 33 heavy (non-hydrogen) atoms. The van der Waals surface area contributed by atoms with Gasteiger partial charge in [-0.05, 0) is 6.42 Å². The molecule has 1 unspecified atom stereocenters. The van der Waals surface area contributed by atoms with Crippen molar-refractivity contribution in [1.29, 1.82) is 0 Å². The molecule has 0 fully saturated rings. The number of rotatable bonds is 11. The molecule has 0 heterocycles. The van der Waals surface area contributed by atoms with Crippen LogP contribution in [0.5, 0.6) is 0 Å². The van der Waals surface area contributed by atoms with Gasteiger partial charge in [0.15, 0.2) is 0 Å². The van der Waals surface area contributed by atoms with E-state index in [-0.39, 0.29) is 0 Å². The zero-order chi connectivity index (χ0) is 27.3. The van der Waals surface area contributed by atoms with Gasteiger partial charge in [0.05, 0.1) is 0 Å². The van der Waals surface area contributed by atoms with Gasteiger partial charge >= 0.3 is 54.1 Å². The topological polar surface area (TPSA) is 0 Å². The number of alkyl halides is 19. The molecule has 0 nitrogen and oxygen atoms in total. The highest BCUT2D eigenvalue weighted by Gasteiger charge is 2.94. The SMILES string of the molecule is CCCCC(C(F)(F)F)C(F)(F)C(F)(F)C(F)(F)C(F)(F)C(F)(F)C(F)(F)C(F)(F)C(F)F. The number of unbranched alkanes of at least 4 members (excludes halogenated alkanes) is 1. The summed E-state index contributed by atoms with van der Waals surface area (Å²) in [5.41, 5.74) is 0. The summed E-state index contributed by atoms with van der Waals surface area (Å²) >= 11 is 0. The van der Waals surface area contributed by atoms with Gasteiger partial charge in [0.1, 0.15) is 5.92 Å². The third-order valence-electron chi connectivity index (χ3n) is 4.37.